The summed E-state index contributed by atoms with van der Waals surface area (Å²) in [6, 6.07) is -0.299. The van der Waals surface area contributed by atoms with E-state index in [1.54, 1.807) is 6.20 Å². The molecule has 0 radical (unpaired) electrons. The van der Waals surface area contributed by atoms with Crippen molar-refractivity contribution < 1.29 is 18.1 Å². The molecule has 22 heavy (non-hydrogen) atoms. The average Bonchev–Trinajstić information content (AvgIpc) is 2.94. The van der Waals surface area contributed by atoms with Crippen molar-refractivity contribution in [3.8, 4) is 0 Å². The minimum Gasteiger partial charge on any atom is -0.399 e. The van der Waals surface area contributed by atoms with Gasteiger partial charge in [-0.2, -0.15) is 0 Å². The number of alkyl halides is 2. The third kappa shape index (κ3) is 3.20. The summed E-state index contributed by atoms with van der Waals surface area (Å²) < 4.78 is 38.1. The lowest BCUT2D eigenvalue weighted by atomic mass is 9.79. The molecule has 1 saturated carbocycles. The molecule has 2 aliphatic rings. The van der Waals surface area contributed by atoms with Gasteiger partial charge >= 0.3 is 7.12 Å². The van der Waals surface area contributed by atoms with Crippen LogP contribution in [0.1, 0.15) is 47.5 Å². The molecule has 0 spiro atoms. The highest BCUT2D eigenvalue weighted by Gasteiger charge is 2.60. The number of nitrogens with one attached hydrogen (secondary N) is 2. The predicted octanol–water partition coefficient (Wildman–Crippen LogP) is 3.17. The van der Waals surface area contributed by atoms with Gasteiger partial charge in [0.2, 0.25) is 0 Å². The van der Waals surface area contributed by atoms with Crippen LogP contribution >= 0.6 is 0 Å². The molecular weight excluding hydrogens is 289 g/mol. The van der Waals surface area contributed by atoms with Gasteiger partial charge in [-0.05, 0) is 40.3 Å². The summed E-state index contributed by atoms with van der Waals surface area (Å²) in [6.45, 7) is 9.60. The molecule has 0 aromatic heterocycles. The predicted molar refractivity (Wildman–Crippen MR) is 83.2 cm³/mol. The fraction of sp³-hybridized carbons (Fsp3) is 0.800. The number of halogens is 2. The second-order valence-corrected chi connectivity index (χ2v) is 7.13. The smallest absolute Gasteiger partial charge is 0.399 e. The third-order valence-electron chi connectivity index (χ3n) is 4.96. The minimum atomic E-state index is -2.56. The molecule has 2 fully saturated rings. The first-order valence-electron chi connectivity index (χ1n) is 7.74. The summed E-state index contributed by atoms with van der Waals surface area (Å²) in [4.78, 5) is 0. The van der Waals surface area contributed by atoms with Gasteiger partial charge in [-0.15, -0.1) is 0 Å². The van der Waals surface area contributed by atoms with Crippen molar-refractivity contribution >= 4 is 13.3 Å². The Bertz CT molecular complexity index is 464. The molecule has 0 aromatic carbocycles. The lowest BCUT2D eigenvalue weighted by Crippen LogP contribution is -2.41. The van der Waals surface area contributed by atoms with Gasteiger partial charge in [-0.3, -0.25) is 0 Å². The van der Waals surface area contributed by atoms with Gasteiger partial charge in [-0.25, -0.2) is 8.78 Å². The number of allylic oxidation sites excluding steroid dienone is 1. The van der Waals surface area contributed by atoms with Crippen LogP contribution < -0.4 is 5.32 Å². The highest BCUT2D eigenvalue weighted by Crippen LogP contribution is 2.51. The monoisotopic (exact) mass is 314 g/mol. The molecule has 1 aliphatic carbocycles. The zero-order chi connectivity index (χ0) is 16.8. The van der Waals surface area contributed by atoms with E-state index in [1.165, 1.54) is 0 Å². The Morgan fingerprint density at radius 3 is 2.18 bits per heavy atom. The molecule has 2 unspecified atom stereocenters. The van der Waals surface area contributed by atoms with Crippen LogP contribution in [0.4, 0.5) is 8.78 Å². The SMILES string of the molecule is CCC(N/C=C(\C=N)B1OC(C)(C)C(C)(C)O1)C1CC1(F)F. The Morgan fingerprint density at radius 1 is 1.32 bits per heavy atom. The Kier molecular flexibility index (Phi) is 4.43. The standard InChI is InChI=1S/C15H25BF2N2O2/c1-6-12(11-7-15(11,17)18)20-9-10(8-19)16-21-13(2,3)14(4,5)22-16/h8-9,11-12,19-20H,6-7H2,1-5H3/b10-9+,19-8?. The molecule has 4 nitrogen and oxygen atoms in total. The minimum absolute atomic E-state index is 0.0667. The van der Waals surface area contributed by atoms with E-state index in [4.69, 9.17) is 14.7 Å². The maximum absolute atomic E-state index is 13.2. The molecule has 2 N–H and O–H groups in total. The van der Waals surface area contributed by atoms with Crippen molar-refractivity contribution in [1.82, 2.24) is 5.32 Å². The Balaban J connectivity index is 2.04. The molecule has 0 aromatic rings. The second kappa shape index (κ2) is 5.60. The van der Waals surface area contributed by atoms with Gasteiger partial charge in [0, 0.05) is 30.1 Å². The van der Waals surface area contributed by atoms with Gasteiger partial charge in [0.05, 0.1) is 11.2 Å². The van der Waals surface area contributed by atoms with Crippen LogP contribution in [0.5, 0.6) is 0 Å². The number of rotatable bonds is 6. The lowest BCUT2D eigenvalue weighted by Gasteiger charge is -2.32. The van der Waals surface area contributed by atoms with E-state index in [0.717, 1.165) is 6.21 Å². The highest BCUT2D eigenvalue weighted by molar-refractivity contribution is 6.60. The first-order chi connectivity index (χ1) is 10.0. The Hall–Kier alpha value is -0.945. The summed E-state index contributed by atoms with van der Waals surface area (Å²) in [5, 5.41) is 10.6. The first-order valence-corrected chi connectivity index (χ1v) is 7.74. The maximum Gasteiger partial charge on any atom is 0.497 e. The van der Waals surface area contributed by atoms with Crippen LogP contribution in [0, 0.1) is 11.3 Å². The normalized spacial score (nSPS) is 30.0. The van der Waals surface area contributed by atoms with E-state index >= 15 is 0 Å². The van der Waals surface area contributed by atoms with Crippen molar-refractivity contribution in [3.05, 3.63) is 11.7 Å². The maximum atomic E-state index is 13.2. The highest BCUT2D eigenvalue weighted by atomic mass is 19.3. The number of hydrogen-bond acceptors (Lipinski definition) is 4. The van der Waals surface area contributed by atoms with Gasteiger partial charge in [0.25, 0.3) is 5.92 Å². The van der Waals surface area contributed by atoms with E-state index < -0.39 is 30.2 Å². The molecule has 1 heterocycles. The van der Waals surface area contributed by atoms with Crippen LogP contribution in [0.25, 0.3) is 0 Å². The summed E-state index contributed by atoms with van der Waals surface area (Å²) in [5.74, 6) is -3.18. The van der Waals surface area contributed by atoms with Crippen LogP contribution in [-0.4, -0.2) is 36.5 Å². The summed E-state index contributed by atoms with van der Waals surface area (Å²) in [6.07, 6.45) is 3.26. The van der Waals surface area contributed by atoms with Crippen LogP contribution in [0.15, 0.2) is 11.7 Å². The van der Waals surface area contributed by atoms with E-state index in [-0.39, 0.29) is 12.5 Å². The van der Waals surface area contributed by atoms with Crippen molar-refractivity contribution in [2.24, 2.45) is 5.92 Å². The second-order valence-electron chi connectivity index (χ2n) is 7.13. The van der Waals surface area contributed by atoms with Crippen LogP contribution in [0.3, 0.4) is 0 Å². The fourth-order valence-corrected chi connectivity index (χ4v) is 2.55. The molecule has 0 amide bonds. The molecular formula is C15H25BF2N2O2. The van der Waals surface area contributed by atoms with E-state index in [2.05, 4.69) is 5.32 Å². The van der Waals surface area contributed by atoms with Crippen molar-refractivity contribution in [1.29, 1.82) is 5.41 Å². The van der Waals surface area contributed by atoms with Gasteiger partial charge in [0.15, 0.2) is 0 Å². The summed E-state index contributed by atoms with van der Waals surface area (Å²) in [5.41, 5.74) is -0.484. The van der Waals surface area contributed by atoms with Gasteiger partial charge < -0.3 is 20.0 Å². The molecule has 1 saturated heterocycles. The van der Waals surface area contributed by atoms with Crippen molar-refractivity contribution in [2.45, 2.75) is 70.6 Å². The van der Waals surface area contributed by atoms with Gasteiger partial charge in [0.1, 0.15) is 0 Å². The Morgan fingerprint density at radius 2 is 1.82 bits per heavy atom. The molecule has 2 atom stereocenters. The molecule has 2 rings (SSSR count). The fourth-order valence-electron chi connectivity index (χ4n) is 2.55. The van der Waals surface area contributed by atoms with E-state index in [0.29, 0.717) is 11.9 Å². The van der Waals surface area contributed by atoms with Gasteiger partial charge in [-0.1, -0.05) is 6.92 Å². The largest absolute Gasteiger partial charge is 0.497 e. The lowest BCUT2D eigenvalue weighted by molar-refractivity contribution is 0.00578. The molecule has 1 aliphatic heterocycles. The van der Waals surface area contributed by atoms with Crippen LogP contribution in [-0.2, 0) is 9.31 Å². The Labute approximate surface area is 131 Å². The quantitative estimate of drug-likeness (QED) is 0.585. The molecule has 0 bridgehead atoms. The molecule has 7 heteroatoms. The van der Waals surface area contributed by atoms with E-state index in [1.807, 2.05) is 34.6 Å². The van der Waals surface area contributed by atoms with Crippen LogP contribution in [0.2, 0.25) is 0 Å². The zero-order valence-corrected chi connectivity index (χ0v) is 13.9. The zero-order valence-electron chi connectivity index (χ0n) is 13.9. The topological polar surface area (TPSA) is 54.3 Å². The third-order valence-corrected chi connectivity index (χ3v) is 4.96. The summed E-state index contributed by atoms with van der Waals surface area (Å²) >= 11 is 0. The number of hydrogen-bond donors (Lipinski definition) is 2. The first kappa shape index (κ1) is 17.4. The molecule has 124 valence electrons. The van der Waals surface area contributed by atoms with E-state index in [9.17, 15) is 8.78 Å². The van der Waals surface area contributed by atoms with Crippen molar-refractivity contribution in [2.75, 3.05) is 0 Å². The summed E-state index contributed by atoms with van der Waals surface area (Å²) in [7, 11) is -0.660. The van der Waals surface area contributed by atoms with Crippen molar-refractivity contribution in [3.63, 3.8) is 0 Å². The average molecular weight is 314 g/mol.